The first-order chi connectivity index (χ1) is 14.0. The Bertz CT molecular complexity index is 925. The normalized spacial score (nSPS) is 12.2. The van der Waals surface area contributed by atoms with Crippen molar-refractivity contribution in [3.05, 3.63) is 41.2 Å². The van der Waals surface area contributed by atoms with Gasteiger partial charge >= 0.3 is 0 Å². The first-order valence-corrected chi connectivity index (χ1v) is 11.2. The van der Waals surface area contributed by atoms with E-state index in [1.54, 1.807) is 5.51 Å². The second-order valence-corrected chi connectivity index (χ2v) is 8.43. The first kappa shape index (κ1) is 21.3. The van der Waals surface area contributed by atoms with Crippen LogP contribution >= 0.6 is 23.1 Å². The van der Waals surface area contributed by atoms with Crippen LogP contribution in [0.1, 0.15) is 51.1 Å². The summed E-state index contributed by atoms with van der Waals surface area (Å²) in [5, 5.41) is 19.9. The van der Waals surface area contributed by atoms with Crippen LogP contribution in [0.25, 0.3) is 0 Å². The predicted octanol–water partition coefficient (Wildman–Crippen LogP) is 4.14. The van der Waals surface area contributed by atoms with Crippen molar-refractivity contribution < 1.29 is 9.53 Å². The zero-order valence-electron chi connectivity index (χ0n) is 16.8. The van der Waals surface area contributed by atoms with Crippen LogP contribution in [0.2, 0.25) is 0 Å². The van der Waals surface area contributed by atoms with Crippen molar-refractivity contribution in [1.29, 1.82) is 0 Å². The highest BCUT2D eigenvalue weighted by Gasteiger charge is 2.19. The highest BCUT2D eigenvalue weighted by molar-refractivity contribution is 7.99. The number of nitrogens with zero attached hydrogens (tertiary/aromatic N) is 5. The number of anilines is 1. The fraction of sp³-hybridized carbons (Fsp3) is 0.421. The molecule has 1 aromatic carbocycles. The van der Waals surface area contributed by atoms with Gasteiger partial charge in [0.2, 0.25) is 11.0 Å². The highest BCUT2D eigenvalue weighted by atomic mass is 32.2. The standard InChI is InChI=1S/C19H24N6O2S2/c1-5-25-17(13(4)27-15-8-6-14(7-9-15)12(2)3)22-24-19(25)28-10-16(26)21-18-23-20-11-29-18/h6-9,11-13H,5,10H2,1-4H3,(H,21,23,26). The summed E-state index contributed by atoms with van der Waals surface area (Å²) < 4.78 is 8.03. The number of amides is 1. The third kappa shape index (κ3) is 5.54. The molecule has 0 bridgehead atoms. The third-order valence-electron chi connectivity index (χ3n) is 4.22. The molecule has 154 valence electrons. The number of nitrogens with one attached hydrogen (secondary N) is 1. The Hall–Kier alpha value is -2.46. The van der Waals surface area contributed by atoms with Gasteiger partial charge in [0.25, 0.3) is 0 Å². The van der Waals surface area contributed by atoms with Crippen LogP contribution in [0, 0.1) is 0 Å². The molecule has 1 unspecified atom stereocenters. The molecule has 0 saturated heterocycles. The maximum absolute atomic E-state index is 12.1. The van der Waals surface area contributed by atoms with E-state index in [2.05, 4.69) is 51.7 Å². The van der Waals surface area contributed by atoms with E-state index in [1.807, 2.05) is 30.5 Å². The van der Waals surface area contributed by atoms with Crippen LogP contribution in [-0.4, -0.2) is 36.6 Å². The molecular weight excluding hydrogens is 408 g/mol. The molecule has 0 aliphatic heterocycles. The van der Waals surface area contributed by atoms with Gasteiger partial charge < -0.3 is 9.30 Å². The van der Waals surface area contributed by atoms with Crippen molar-refractivity contribution in [3.8, 4) is 5.75 Å². The van der Waals surface area contributed by atoms with E-state index in [4.69, 9.17) is 4.74 Å². The van der Waals surface area contributed by atoms with Crippen molar-refractivity contribution in [2.24, 2.45) is 0 Å². The molecule has 1 amide bonds. The van der Waals surface area contributed by atoms with Crippen LogP contribution < -0.4 is 10.1 Å². The molecule has 2 aromatic heterocycles. The smallest absolute Gasteiger partial charge is 0.236 e. The minimum atomic E-state index is -0.267. The van der Waals surface area contributed by atoms with Crippen molar-refractivity contribution in [2.75, 3.05) is 11.1 Å². The number of hydrogen-bond acceptors (Lipinski definition) is 8. The number of ether oxygens (including phenoxy) is 1. The van der Waals surface area contributed by atoms with Crippen molar-refractivity contribution >= 4 is 34.1 Å². The van der Waals surface area contributed by atoms with E-state index in [0.29, 0.717) is 22.8 Å². The molecule has 10 heteroatoms. The molecule has 0 aliphatic rings. The fourth-order valence-electron chi connectivity index (χ4n) is 2.71. The highest BCUT2D eigenvalue weighted by Crippen LogP contribution is 2.26. The number of thioether (sulfide) groups is 1. The Balaban J connectivity index is 1.62. The monoisotopic (exact) mass is 432 g/mol. The van der Waals surface area contributed by atoms with E-state index in [0.717, 1.165) is 11.6 Å². The van der Waals surface area contributed by atoms with Crippen LogP contribution in [0.15, 0.2) is 34.9 Å². The summed E-state index contributed by atoms with van der Waals surface area (Å²) >= 11 is 2.61. The van der Waals surface area contributed by atoms with Crippen LogP contribution in [0.3, 0.4) is 0 Å². The fourth-order valence-corrected chi connectivity index (χ4v) is 3.98. The topological polar surface area (TPSA) is 94.8 Å². The van der Waals surface area contributed by atoms with Crippen LogP contribution in [-0.2, 0) is 11.3 Å². The zero-order valence-corrected chi connectivity index (χ0v) is 18.5. The third-order valence-corrected chi connectivity index (χ3v) is 5.80. The molecule has 1 atom stereocenters. The molecule has 0 spiro atoms. The SMILES string of the molecule is CCn1c(SCC(=O)Nc2nncs2)nnc1C(C)Oc1ccc(C(C)C)cc1. The molecule has 0 fully saturated rings. The second-order valence-electron chi connectivity index (χ2n) is 6.65. The summed E-state index contributed by atoms with van der Waals surface area (Å²) in [6.07, 6.45) is -0.267. The molecule has 0 radical (unpaired) electrons. The minimum absolute atomic E-state index is 0.159. The average Bonchev–Trinajstić information content (AvgIpc) is 3.36. The number of carbonyl (C=O) groups excluding carboxylic acids is 1. The Labute approximate surface area is 178 Å². The first-order valence-electron chi connectivity index (χ1n) is 9.36. The summed E-state index contributed by atoms with van der Waals surface area (Å²) in [6, 6.07) is 8.11. The van der Waals surface area contributed by atoms with E-state index >= 15 is 0 Å². The maximum Gasteiger partial charge on any atom is 0.236 e. The maximum atomic E-state index is 12.1. The van der Waals surface area contributed by atoms with Crippen molar-refractivity contribution in [2.45, 2.75) is 51.4 Å². The van der Waals surface area contributed by atoms with Gasteiger partial charge in [0.1, 0.15) is 11.3 Å². The van der Waals surface area contributed by atoms with Gasteiger partial charge in [0, 0.05) is 6.54 Å². The summed E-state index contributed by atoms with van der Waals surface area (Å²) in [7, 11) is 0. The van der Waals surface area contributed by atoms with Gasteiger partial charge in [0.15, 0.2) is 17.1 Å². The van der Waals surface area contributed by atoms with Gasteiger partial charge in [-0.05, 0) is 37.5 Å². The van der Waals surface area contributed by atoms with Crippen molar-refractivity contribution in [1.82, 2.24) is 25.0 Å². The Morgan fingerprint density at radius 1 is 1.21 bits per heavy atom. The largest absolute Gasteiger partial charge is 0.483 e. The Morgan fingerprint density at radius 3 is 2.59 bits per heavy atom. The minimum Gasteiger partial charge on any atom is -0.483 e. The predicted molar refractivity (Wildman–Crippen MR) is 115 cm³/mol. The van der Waals surface area contributed by atoms with E-state index in [-0.39, 0.29) is 17.8 Å². The number of hydrogen-bond donors (Lipinski definition) is 1. The van der Waals surface area contributed by atoms with E-state index < -0.39 is 0 Å². The lowest BCUT2D eigenvalue weighted by Crippen LogP contribution is -2.15. The van der Waals surface area contributed by atoms with Gasteiger partial charge in [0.05, 0.1) is 5.75 Å². The molecule has 1 N–H and O–H groups in total. The number of carbonyl (C=O) groups is 1. The van der Waals surface area contributed by atoms with E-state index in [9.17, 15) is 4.79 Å². The summed E-state index contributed by atoms with van der Waals surface area (Å²) in [5.41, 5.74) is 2.84. The molecule has 3 aromatic rings. The molecule has 29 heavy (non-hydrogen) atoms. The molecule has 0 aliphatic carbocycles. The zero-order chi connectivity index (χ0) is 20.8. The summed E-state index contributed by atoms with van der Waals surface area (Å²) in [4.78, 5) is 12.1. The quantitative estimate of drug-likeness (QED) is 0.508. The number of aromatic nitrogens is 5. The van der Waals surface area contributed by atoms with Crippen LogP contribution in [0.5, 0.6) is 5.75 Å². The summed E-state index contributed by atoms with van der Waals surface area (Å²) in [6.45, 7) is 8.97. The lowest BCUT2D eigenvalue weighted by Gasteiger charge is -2.16. The molecule has 2 heterocycles. The lowest BCUT2D eigenvalue weighted by atomic mass is 10.0. The average molecular weight is 433 g/mol. The number of benzene rings is 1. The van der Waals surface area contributed by atoms with Gasteiger partial charge in [-0.2, -0.15) is 0 Å². The van der Waals surface area contributed by atoms with E-state index in [1.165, 1.54) is 28.7 Å². The van der Waals surface area contributed by atoms with Gasteiger partial charge in [-0.25, -0.2) is 0 Å². The van der Waals surface area contributed by atoms with Gasteiger partial charge in [-0.3, -0.25) is 10.1 Å². The molecule has 0 saturated carbocycles. The van der Waals surface area contributed by atoms with Gasteiger partial charge in [-0.1, -0.05) is 49.1 Å². The van der Waals surface area contributed by atoms with Crippen molar-refractivity contribution in [3.63, 3.8) is 0 Å². The Morgan fingerprint density at radius 2 is 1.97 bits per heavy atom. The summed E-state index contributed by atoms with van der Waals surface area (Å²) in [5.74, 6) is 2.05. The van der Waals surface area contributed by atoms with Gasteiger partial charge in [-0.15, -0.1) is 20.4 Å². The molecule has 8 nitrogen and oxygen atoms in total. The lowest BCUT2D eigenvalue weighted by molar-refractivity contribution is -0.113. The van der Waals surface area contributed by atoms with Crippen LogP contribution in [0.4, 0.5) is 5.13 Å². The Kier molecular flexibility index (Phi) is 7.21. The molecule has 3 rings (SSSR count). The second kappa shape index (κ2) is 9.84. The number of rotatable bonds is 9. The molecular formula is C19H24N6O2S2.